The van der Waals surface area contributed by atoms with Crippen LogP contribution >= 0.6 is 0 Å². The summed E-state index contributed by atoms with van der Waals surface area (Å²) in [6.07, 6.45) is 1.35. The molecule has 0 aromatic heterocycles. The van der Waals surface area contributed by atoms with E-state index in [2.05, 4.69) is 31.9 Å². The monoisotopic (exact) mass is 966 g/mol. The number of ketones is 1. The van der Waals surface area contributed by atoms with Crippen LogP contribution in [0.15, 0.2) is 0 Å². The molecule has 0 spiro atoms. The summed E-state index contributed by atoms with van der Waals surface area (Å²) in [6, 6.07) is -7.55. The van der Waals surface area contributed by atoms with Crippen molar-refractivity contribution in [2.45, 2.75) is 202 Å². The Bertz CT molecular complexity index is 1790. The second-order valence-corrected chi connectivity index (χ2v) is 19.7. The van der Waals surface area contributed by atoms with Gasteiger partial charge in [-0.3, -0.25) is 52.7 Å². The lowest BCUT2D eigenvalue weighted by Crippen LogP contribution is -2.62. The van der Waals surface area contributed by atoms with Crippen molar-refractivity contribution in [3.8, 4) is 0 Å². The van der Waals surface area contributed by atoms with Crippen molar-refractivity contribution in [3.05, 3.63) is 0 Å². The van der Waals surface area contributed by atoms with E-state index < -0.39 is 131 Å². The van der Waals surface area contributed by atoms with E-state index in [4.69, 9.17) is 14.2 Å². The van der Waals surface area contributed by atoms with Gasteiger partial charge in [-0.05, 0) is 98.3 Å². The molecule has 0 aromatic rings. The lowest BCUT2D eigenvalue weighted by atomic mass is 9.95. The molecular formula is C47H79N7O14. The average molecular weight is 966 g/mol. The topological polar surface area (TPSA) is 291 Å². The van der Waals surface area contributed by atoms with Crippen molar-refractivity contribution in [1.29, 1.82) is 0 Å². The molecule has 1 fully saturated rings. The van der Waals surface area contributed by atoms with E-state index >= 15 is 0 Å². The SMILES string of the molecule is CCCOC(=O)CNC(=O)C(=O)C(CCC)NC(=O)[C@@H]1CCCCN1C(=O)[C@@H](NC(=O)[C@@H](NC(=O)[C@H](CCC(=O)OC(C)(C)C)NC(=O)[C@H](CCC(=O)OC(C)(C)C)NC(C)=O)C(C)C)C(C)C. The normalized spacial score (nSPS) is 16.2. The molecule has 1 unspecified atom stereocenters. The van der Waals surface area contributed by atoms with E-state index in [1.165, 1.54) is 11.8 Å². The molecule has 1 saturated heterocycles. The van der Waals surface area contributed by atoms with E-state index in [0.29, 0.717) is 25.7 Å². The van der Waals surface area contributed by atoms with Crippen LogP contribution in [0, 0.1) is 11.8 Å². The van der Waals surface area contributed by atoms with Crippen LogP contribution in [0.3, 0.4) is 0 Å². The van der Waals surface area contributed by atoms with Gasteiger partial charge in [-0.2, -0.15) is 0 Å². The molecule has 21 heteroatoms. The quantitative estimate of drug-likeness (QED) is 0.0410. The third-order valence-electron chi connectivity index (χ3n) is 10.3. The highest BCUT2D eigenvalue weighted by Crippen LogP contribution is 2.21. The molecule has 68 heavy (non-hydrogen) atoms. The summed E-state index contributed by atoms with van der Waals surface area (Å²) in [5.41, 5.74) is -1.67. The van der Waals surface area contributed by atoms with E-state index in [1.54, 1.807) is 83.1 Å². The number of hydrogen-bond acceptors (Lipinski definition) is 14. The Balaban J connectivity index is 3.37. The second-order valence-electron chi connectivity index (χ2n) is 19.7. The zero-order chi connectivity index (χ0) is 52.1. The zero-order valence-electron chi connectivity index (χ0n) is 42.5. The van der Waals surface area contributed by atoms with E-state index in [9.17, 15) is 52.7 Å². The average Bonchev–Trinajstić information content (AvgIpc) is 3.23. The van der Waals surface area contributed by atoms with E-state index in [1.807, 2.05) is 0 Å². The minimum absolute atomic E-state index is 0.0987. The predicted molar refractivity (Wildman–Crippen MR) is 249 cm³/mol. The minimum atomic E-state index is -1.45. The number of rotatable bonds is 26. The van der Waals surface area contributed by atoms with Crippen molar-refractivity contribution < 1.29 is 67.0 Å². The smallest absolute Gasteiger partial charge is 0.325 e. The van der Waals surface area contributed by atoms with Crippen molar-refractivity contribution in [2.24, 2.45) is 11.8 Å². The Kier molecular flexibility index (Phi) is 25.4. The fourth-order valence-corrected chi connectivity index (χ4v) is 7.05. The van der Waals surface area contributed by atoms with Gasteiger partial charge in [0.15, 0.2) is 0 Å². The Labute approximate surface area is 401 Å². The van der Waals surface area contributed by atoms with Gasteiger partial charge in [0.2, 0.25) is 41.2 Å². The Morgan fingerprint density at radius 2 is 1.12 bits per heavy atom. The maximum atomic E-state index is 14.4. The molecule has 0 aliphatic carbocycles. The van der Waals surface area contributed by atoms with Crippen LogP contribution in [0.1, 0.15) is 154 Å². The van der Waals surface area contributed by atoms with E-state index in [0.717, 1.165) is 0 Å². The molecule has 1 rings (SSSR count). The summed E-state index contributed by atoms with van der Waals surface area (Å²) in [5.74, 6) is -9.53. The van der Waals surface area contributed by atoms with E-state index in [-0.39, 0.29) is 51.7 Å². The van der Waals surface area contributed by atoms with Crippen LogP contribution in [-0.4, -0.2) is 137 Å². The molecular weight excluding hydrogens is 887 g/mol. The van der Waals surface area contributed by atoms with Crippen LogP contribution in [0.4, 0.5) is 0 Å². The van der Waals surface area contributed by atoms with Gasteiger partial charge in [-0.25, -0.2) is 0 Å². The number of amides is 7. The molecule has 1 heterocycles. The van der Waals surface area contributed by atoms with Gasteiger partial charge >= 0.3 is 17.9 Å². The number of Topliss-reactive ketones (excluding diaryl/α,β-unsaturated/α-hetero) is 1. The minimum Gasteiger partial charge on any atom is -0.464 e. The van der Waals surface area contributed by atoms with Gasteiger partial charge in [-0.1, -0.05) is 48.0 Å². The largest absolute Gasteiger partial charge is 0.464 e. The van der Waals surface area contributed by atoms with Crippen LogP contribution in [0.5, 0.6) is 0 Å². The number of carbonyl (C=O) groups is 11. The number of nitrogens with zero attached hydrogens (tertiary/aromatic N) is 1. The first-order valence-corrected chi connectivity index (χ1v) is 23.7. The van der Waals surface area contributed by atoms with Crippen LogP contribution < -0.4 is 31.9 Å². The number of esters is 3. The third kappa shape index (κ3) is 22.4. The van der Waals surface area contributed by atoms with Crippen LogP contribution in [-0.2, 0) is 67.0 Å². The molecule has 0 aromatic carbocycles. The number of carbonyl (C=O) groups excluding carboxylic acids is 11. The Morgan fingerprint density at radius 1 is 0.603 bits per heavy atom. The summed E-state index contributed by atoms with van der Waals surface area (Å²) < 4.78 is 15.7. The highest BCUT2D eigenvalue weighted by atomic mass is 16.6. The van der Waals surface area contributed by atoms with Crippen molar-refractivity contribution in [3.63, 3.8) is 0 Å². The standard InChI is InChI=1S/C47H79N7O14/c1-14-18-30(39(59)44(64)48-26-36(58)66-25-15-2)50-42(62)33-19-16-17-24-54(33)45(65)38(28(5)6)53-43(63)37(27(3)4)52-41(61)32(21-23-35(57)68-47(11,12)13)51-40(60)31(49-29(7)55)20-22-34(56)67-46(8,9)10/h27-28,30-33,37-38H,14-26H2,1-13H3,(H,48,64)(H,49,55)(H,50,62)(H,51,60)(H,52,61)(H,53,63)/t30?,31-,32-,33-,37-,38-/m0/s1. The van der Waals surface area contributed by atoms with Gasteiger partial charge in [0.05, 0.1) is 12.6 Å². The molecule has 6 N–H and O–H groups in total. The number of nitrogens with one attached hydrogen (secondary N) is 6. The molecule has 0 bridgehead atoms. The fourth-order valence-electron chi connectivity index (χ4n) is 7.05. The summed E-state index contributed by atoms with van der Waals surface area (Å²) in [6.45, 7) is 21.2. The maximum Gasteiger partial charge on any atom is 0.325 e. The van der Waals surface area contributed by atoms with Crippen molar-refractivity contribution in [1.82, 2.24) is 36.8 Å². The third-order valence-corrected chi connectivity index (χ3v) is 10.3. The molecule has 0 radical (unpaired) electrons. The van der Waals surface area contributed by atoms with Crippen LogP contribution in [0.25, 0.3) is 0 Å². The van der Waals surface area contributed by atoms with Crippen molar-refractivity contribution in [2.75, 3.05) is 19.7 Å². The Morgan fingerprint density at radius 3 is 1.60 bits per heavy atom. The van der Waals surface area contributed by atoms with Crippen LogP contribution in [0.2, 0.25) is 0 Å². The lowest BCUT2D eigenvalue weighted by Gasteiger charge is -2.38. The summed E-state index contributed by atoms with van der Waals surface area (Å²) >= 11 is 0. The highest BCUT2D eigenvalue weighted by molar-refractivity contribution is 6.38. The lowest BCUT2D eigenvalue weighted by molar-refractivity contribution is -0.156. The number of piperidine rings is 1. The molecule has 0 saturated carbocycles. The number of ether oxygens (including phenoxy) is 3. The molecule has 386 valence electrons. The highest BCUT2D eigenvalue weighted by Gasteiger charge is 2.40. The molecule has 21 nitrogen and oxygen atoms in total. The van der Waals surface area contributed by atoms with Gasteiger partial charge in [0.1, 0.15) is 48.0 Å². The molecule has 1 aliphatic heterocycles. The molecule has 6 atom stereocenters. The second kappa shape index (κ2) is 28.6. The first-order valence-electron chi connectivity index (χ1n) is 23.7. The maximum absolute atomic E-state index is 14.4. The summed E-state index contributed by atoms with van der Waals surface area (Å²) in [4.78, 5) is 147. The van der Waals surface area contributed by atoms with Gasteiger partial charge < -0.3 is 51.0 Å². The van der Waals surface area contributed by atoms with Crippen molar-refractivity contribution >= 4 is 65.0 Å². The predicted octanol–water partition coefficient (Wildman–Crippen LogP) is 1.81. The first-order chi connectivity index (χ1) is 31.5. The van der Waals surface area contributed by atoms with Gasteiger partial charge in [-0.15, -0.1) is 0 Å². The molecule has 7 amide bonds. The fraction of sp³-hybridized carbons (Fsp3) is 0.766. The Hall–Kier alpha value is -5.63. The number of hydrogen-bond donors (Lipinski definition) is 6. The first kappa shape index (κ1) is 60.4. The molecule has 1 aliphatic rings. The zero-order valence-corrected chi connectivity index (χ0v) is 42.5. The summed E-state index contributed by atoms with van der Waals surface area (Å²) in [5, 5.41) is 15.3. The van der Waals surface area contributed by atoms with Gasteiger partial charge in [0, 0.05) is 26.3 Å². The summed E-state index contributed by atoms with van der Waals surface area (Å²) in [7, 11) is 0. The van der Waals surface area contributed by atoms with Gasteiger partial charge in [0.25, 0.3) is 5.91 Å². The number of likely N-dealkylation sites (tertiary alicyclic amines) is 1.